The molecule has 0 amide bonds. The van der Waals surface area contributed by atoms with Gasteiger partial charge in [-0.25, -0.2) is 9.18 Å². The SMILES string of the molecule is Cn1c(=O)c2c(nc(N3CC[NH+](C)CC3)n2Cc2ccc(F)cc2)n(C)c1=O. The second-order valence-electron chi connectivity index (χ2n) is 7.45. The van der Waals surface area contributed by atoms with Crippen molar-refractivity contribution >= 4 is 17.1 Å². The second-order valence-corrected chi connectivity index (χ2v) is 7.45. The van der Waals surface area contributed by atoms with Crippen LogP contribution in [0.1, 0.15) is 5.56 Å². The molecule has 3 heterocycles. The molecular weight excluding hydrogens is 363 g/mol. The fraction of sp³-hybridized carbons (Fsp3) is 0.421. The van der Waals surface area contributed by atoms with Gasteiger partial charge in [-0.1, -0.05) is 12.1 Å². The number of nitrogens with one attached hydrogen (secondary N) is 1. The molecule has 8 nitrogen and oxygen atoms in total. The molecule has 1 aromatic carbocycles. The first kappa shape index (κ1) is 18.4. The molecule has 3 aromatic rings. The fourth-order valence-corrected chi connectivity index (χ4v) is 3.69. The number of piperazine rings is 1. The standard InChI is InChI=1S/C19H23FN6O2/c1-22-8-10-25(11-9-22)18-21-16-15(17(27)24(3)19(28)23(16)2)26(18)12-13-4-6-14(20)7-5-13/h4-7H,8-12H2,1-3H3/p+1. The number of halogens is 1. The Balaban J connectivity index is 1.92. The van der Waals surface area contributed by atoms with Crippen LogP contribution in [0.5, 0.6) is 0 Å². The van der Waals surface area contributed by atoms with Crippen molar-refractivity contribution in [1.82, 2.24) is 18.7 Å². The van der Waals surface area contributed by atoms with Gasteiger partial charge in [0.1, 0.15) is 5.82 Å². The molecule has 0 spiro atoms. The van der Waals surface area contributed by atoms with Crippen LogP contribution in [-0.2, 0) is 20.6 Å². The Morgan fingerprint density at radius 1 is 1.07 bits per heavy atom. The lowest BCUT2D eigenvalue weighted by Gasteiger charge is -2.31. The molecule has 0 unspecified atom stereocenters. The first-order valence-electron chi connectivity index (χ1n) is 9.33. The average molecular weight is 387 g/mol. The highest BCUT2D eigenvalue weighted by molar-refractivity contribution is 5.74. The zero-order chi connectivity index (χ0) is 20.0. The van der Waals surface area contributed by atoms with Crippen LogP contribution >= 0.6 is 0 Å². The number of imidazole rings is 1. The lowest BCUT2D eigenvalue weighted by Crippen LogP contribution is -3.12. The number of fused-ring (bicyclic) bond motifs is 1. The van der Waals surface area contributed by atoms with Gasteiger partial charge in [-0.15, -0.1) is 0 Å². The zero-order valence-corrected chi connectivity index (χ0v) is 16.3. The van der Waals surface area contributed by atoms with Crippen LogP contribution < -0.4 is 21.0 Å². The lowest BCUT2D eigenvalue weighted by atomic mass is 10.2. The summed E-state index contributed by atoms with van der Waals surface area (Å²) in [4.78, 5) is 33.6. The van der Waals surface area contributed by atoms with Gasteiger partial charge in [0.25, 0.3) is 5.56 Å². The lowest BCUT2D eigenvalue weighted by molar-refractivity contribution is -0.880. The van der Waals surface area contributed by atoms with Crippen LogP contribution in [0.15, 0.2) is 33.9 Å². The fourth-order valence-electron chi connectivity index (χ4n) is 3.69. The summed E-state index contributed by atoms with van der Waals surface area (Å²) in [6, 6.07) is 6.21. The predicted molar refractivity (Wildman–Crippen MR) is 105 cm³/mol. The highest BCUT2D eigenvalue weighted by Gasteiger charge is 2.26. The van der Waals surface area contributed by atoms with Crippen molar-refractivity contribution < 1.29 is 9.29 Å². The molecule has 0 atom stereocenters. The number of aryl methyl sites for hydroxylation is 1. The molecule has 0 aliphatic carbocycles. The zero-order valence-electron chi connectivity index (χ0n) is 16.3. The minimum absolute atomic E-state index is 0.306. The average Bonchev–Trinajstić information content (AvgIpc) is 3.06. The number of quaternary nitrogens is 1. The Bertz CT molecular complexity index is 1140. The molecule has 0 saturated carbocycles. The van der Waals surface area contributed by atoms with Crippen LogP contribution in [0.4, 0.5) is 10.3 Å². The summed E-state index contributed by atoms with van der Waals surface area (Å²) in [5, 5.41) is 0. The normalized spacial score (nSPS) is 15.5. The van der Waals surface area contributed by atoms with Crippen molar-refractivity contribution in [3.63, 3.8) is 0 Å². The van der Waals surface area contributed by atoms with Gasteiger partial charge in [-0.3, -0.25) is 18.5 Å². The molecular formula is C19H24FN6O2+. The van der Waals surface area contributed by atoms with Gasteiger partial charge in [0.05, 0.1) is 39.8 Å². The minimum Gasteiger partial charge on any atom is -0.334 e. The van der Waals surface area contributed by atoms with E-state index in [4.69, 9.17) is 4.98 Å². The Labute approximate surface area is 161 Å². The van der Waals surface area contributed by atoms with Crippen molar-refractivity contribution in [2.24, 2.45) is 14.1 Å². The summed E-state index contributed by atoms with van der Waals surface area (Å²) in [5.41, 5.74) is 0.835. The number of rotatable bonds is 3. The number of benzene rings is 1. The van der Waals surface area contributed by atoms with Gasteiger partial charge in [0, 0.05) is 14.1 Å². The predicted octanol–water partition coefficient (Wildman–Crippen LogP) is -1.04. The minimum atomic E-state index is -0.404. The van der Waals surface area contributed by atoms with Crippen molar-refractivity contribution in [3.8, 4) is 0 Å². The number of anilines is 1. The van der Waals surface area contributed by atoms with E-state index in [1.807, 2.05) is 4.57 Å². The van der Waals surface area contributed by atoms with Crippen LogP contribution in [0.25, 0.3) is 11.2 Å². The molecule has 28 heavy (non-hydrogen) atoms. The highest BCUT2D eigenvalue weighted by Crippen LogP contribution is 2.21. The van der Waals surface area contributed by atoms with E-state index in [0.29, 0.717) is 23.7 Å². The Hall–Kier alpha value is -2.94. The summed E-state index contributed by atoms with van der Waals surface area (Å²) in [6.45, 7) is 3.94. The highest BCUT2D eigenvalue weighted by atomic mass is 19.1. The van der Waals surface area contributed by atoms with E-state index in [2.05, 4.69) is 11.9 Å². The Morgan fingerprint density at radius 2 is 1.71 bits per heavy atom. The third-order valence-corrected chi connectivity index (χ3v) is 5.48. The molecule has 1 saturated heterocycles. The van der Waals surface area contributed by atoms with Crippen molar-refractivity contribution in [3.05, 3.63) is 56.5 Å². The van der Waals surface area contributed by atoms with E-state index in [0.717, 1.165) is 36.3 Å². The maximum absolute atomic E-state index is 13.3. The maximum atomic E-state index is 13.3. The van der Waals surface area contributed by atoms with Gasteiger partial charge in [0.15, 0.2) is 11.2 Å². The molecule has 1 N–H and O–H groups in total. The Morgan fingerprint density at radius 3 is 2.36 bits per heavy atom. The largest absolute Gasteiger partial charge is 0.334 e. The maximum Gasteiger partial charge on any atom is 0.332 e. The first-order chi connectivity index (χ1) is 13.4. The number of hydrogen-bond acceptors (Lipinski definition) is 4. The van der Waals surface area contributed by atoms with Crippen molar-refractivity contribution in [1.29, 1.82) is 0 Å². The van der Waals surface area contributed by atoms with E-state index in [-0.39, 0.29) is 11.4 Å². The smallest absolute Gasteiger partial charge is 0.332 e. The molecule has 1 aliphatic heterocycles. The third-order valence-electron chi connectivity index (χ3n) is 5.48. The van der Waals surface area contributed by atoms with Crippen LogP contribution in [0, 0.1) is 5.82 Å². The van der Waals surface area contributed by atoms with Crippen LogP contribution in [-0.4, -0.2) is 51.9 Å². The molecule has 4 rings (SSSR count). The molecule has 2 aromatic heterocycles. The quantitative estimate of drug-likeness (QED) is 0.623. The van der Waals surface area contributed by atoms with E-state index in [1.165, 1.54) is 28.6 Å². The number of hydrogen-bond donors (Lipinski definition) is 1. The van der Waals surface area contributed by atoms with Crippen LogP contribution in [0.3, 0.4) is 0 Å². The third kappa shape index (κ3) is 3.01. The monoisotopic (exact) mass is 387 g/mol. The molecule has 0 bridgehead atoms. The molecule has 1 fully saturated rings. The van der Waals surface area contributed by atoms with Crippen molar-refractivity contribution in [2.75, 3.05) is 38.1 Å². The van der Waals surface area contributed by atoms with Gasteiger partial charge in [-0.2, -0.15) is 4.98 Å². The summed E-state index contributed by atoms with van der Waals surface area (Å²) in [7, 11) is 5.24. The van der Waals surface area contributed by atoms with Gasteiger partial charge >= 0.3 is 5.69 Å². The van der Waals surface area contributed by atoms with E-state index in [9.17, 15) is 14.0 Å². The summed E-state index contributed by atoms with van der Waals surface area (Å²) in [6.07, 6.45) is 0. The number of likely N-dealkylation sites (N-methyl/N-ethyl adjacent to an activating group) is 1. The number of nitrogens with zero attached hydrogens (tertiary/aromatic N) is 5. The van der Waals surface area contributed by atoms with E-state index in [1.54, 1.807) is 19.2 Å². The topological polar surface area (TPSA) is 69.5 Å². The van der Waals surface area contributed by atoms with E-state index >= 15 is 0 Å². The summed E-state index contributed by atoms with van der Waals surface area (Å²) < 4.78 is 17.7. The first-order valence-corrected chi connectivity index (χ1v) is 9.33. The van der Waals surface area contributed by atoms with Crippen molar-refractivity contribution in [2.45, 2.75) is 6.54 Å². The van der Waals surface area contributed by atoms with E-state index < -0.39 is 5.69 Å². The molecule has 0 radical (unpaired) electrons. The Kier molecular flexibility index (Phi) is 4.54. The molecule has 9 heteroatoms. The summed E-state index contributed by atoms with van der Waals surface area (Å²) in [5.74, 6) is 0.366. The van der Waals surface area contributed by atoms with Gasteiger partial charge < -0.3 is 9.80 Å². The van der Waals surface area contributed by atoms with Gasteiger partial charge in [-0.05, 0) is 17.7 Å². The second kappa shape index (κ2) is 6.90. The number of aromatic nitrogens is 4. The molecule has 148 valence electrons. The van der Waals surface area contributed by atoms with Crippen LogP contribution in [0.2, 0.25) is 0 Å². The summed E-state index contributed by atoms with van der Waals surface area (Å²) >= 11 is 0. The van der Waals surface area contributed by atoms with Gasteiger partial charge in [0.2, 0.25) is 5.95 Å². The molecule has 1 aliphatic rings.